The average Bonchev–Trinajstić information content (AvgIpc) is 2.82. The van der Waals surface area contributed by atoms with Gasteiger partial charge in [-0.1, -0.05) is 24.3 Å². The van der Waals surface area contributed by atoms with E-state index in [4.69, 9.17) is 0 Å². The van der Waals surface area contributed by atoms with Gasteiger partial charge in [0.1, 0.15) is 5.54 Å². The number of benzene rings is 1. The SMILES string of the molecule is CC1(C(=O)O)CCCN1C1CCc2ccccc2C1. The molecule has 0 bridgehead atoms. The molecule has 1 N–H and O–H groups in total. The van der Waals surface area contributed by atoms with E-state index < -0.39 is 11.5 Å². The fourth-order valence-electron chi connectivity index (χ4n) is 3.74. The maximum Gasteiger partial charge on any atom is 0.323 e. The normalized spacial score (nSPS) is 31.1. The lowest BCUT2D eigenvalue weighted by Crippen LogP contribution is -2.54. The first-order valence-corrected chi connectivity index (χ1v) is 7.18. The van der Waals surface area contributed by atoms with Crippen LogP contribution in [0.2, 0.25) is 0 Å². The molecule has 0 amide bonds. The molecule has 19 heavy (non-hydrogen) atoms. The number of aryl methyl sites for hydroxylation is 1. The van der Waals surface area contributed by atoms with Crippen molar-refractivity contribution in [1.29, 1.82) is 0 Å². The maximum absolute atomic E-state index is 11.6. The van der Waals surface area contributed by atoms with Crippen LogP contribution in [0.3, 0.4) is 0 Å². The minimum atomic E-state index is -0.663. The summed E-state index contributed by atoms with van der Waals surface area (Å²) in [7, 11) is 0. The zero-order chi connectivity index (χ0) is 13.5. The largest absolute Gasteiger partial charge is 0.480 e. The molecule has 2 aliphatic rings. The van der Waals surface area contributed by atoms with Gasteiger partial charge in [-0.2, -0.15) is 0 Å². The number of carboxylic acids is 1. The highest BCUT2D eigenvalue weighted by molar-refractivity contribution is 5.78. The van der Waals surface area contributed by atoms with E-state index in [2.05, 4.69) is 29.2 Å². The van der Waals surface area contributed by atoms with Gasteiger partial charge in [0.2, 0.25) is 0 Å². The Kier molecular flexibility index (Phi) is 3.09. The van der Waals surface area contributed by atoms with Crippen LogP contribution in [-0.2, 0) is 17.6 Å². The molecule has 1 aliphatic heterocycles. The lowest BCUT2D eigenvalue weighted by atomic mass is 9.85. The molecule has 0 radical (unpaired) electrons. The van der Waals surface area contributed by atoms with Crippen LogP contribution >= 0.6 is 0 Å². The molecule has 1 heterocycles. The van der Waals surface area contributed by atoms with Gasteiger partial charge in [-0.15, -0.1) is 0 Å². The van der Waals surface area contributed by atoms with Gasteiger partial charge in [0, 0.05) is 6.04 Å². The summed E-state index contributed by atoms with van der Waals surface area (Å²) in [4.78, 5) is 13.8. The molecule has 2 atom stereocenters. The molecule has 1 aromatic carbocycles. The lowest BCUT2D eigenvalue weighted by Gasteiger charge is -2.40. The summed E-state index contributed by atoms with van der Waals surface area (Å²) in [5.41, 5.74) is 2.19. The predicted molar refractivity (Wildman–Crippen MR) is 74.2 cm³/mol. The van der Waals surface area contributed by atoms with E-state index in [0.29, 0.717) is 6.04 Å². The van der Waals surface area contributed by atoms with E-state index in [1.165, 1.54) is 11.1 Å². The molecule has 1 aliphatic carbocycles. The van der Waals surface area contributed by atoms with E-state index in [9.17, 15) is 9.90 Å². The second kappa shape index (κ2) is 4.64. The monoisotopic (exact) mass is 259 g/mol. The minimum absolute atomic E-state index is 0.387. The lowest BCUT2D eigenvalue weighted by molar-refractivity contribution is -0.150. The second-order valence-corrected chi connectivity index (χ2v) is 6.04. The van der Waals surface area contributed by atoms with Gasteiger partial charge in [-0.05, 0) is 56.7 Å². The van der Waals surface area contributed by atoms with Crippen LogP contribution in [0, 0.1) is 0 Å². The first-order valence-electron chi connectivity index (χ1n) is 7.18. The van der Waals surface area contributed by atoms with Crippen LogP contribution in [0.25, 0.3) is 0 Å². The van der Waals surface area contributed by atoms with Gasteiger partial charge in [0.25, 0.3) is 0 Å². The van der Waals surface area contributed by atoms with Crippen molar-refractivity contribution < 1.29 is 9.90 Å². The van der Waals surface area contributed by atoms with E-state index in [1.807, 2.05) is 6.92 Å². The third kappa shape index (κ3) is 2.06. The topological polar surface area (TPSA) is 40.5 Å². The van der Waals surface area contributed by atoms with Gasteiger partial charge in [0.15, 0.2) is 0 Å². The Balaban J connectivity index is 1.83. The summed E-state index contributed by atoms with van der Waals surface area (Å²) >= 11 is 0. The third-order valence-electron chi connectivity index (χ3n) is 4.92. The molecule has 2 unspecified atom stereocenters. The molecule has 0 spiro atoms. The van der Waals surface area contributed by atoms with Gasteiger partial charge >= 0.3 is 5.97 Å². The smallest absolute Gasteiger partial charge is 0.323 e. The Labute approximate surface area is 114 Å². The fourth-order valence-corrected chi connectivity index (χ4v) is 3.74. The highest BCUT2D eigenvalue weighted by Gasteiger charge is 2.46. The van der Waals surface area contributed by atoms with Crippen LogP contribution in [0.5, 0.6) is 0 Å². The fraction of sp³-hybridized carbons (Fsp3) is 0.562. The molecule has 3 rings (SSSR count). The van der Waals surface area contributed by atoms with Crippen LogP contribution in [0.1, 0.15) is 37.3 Å². The van der Waals surface area contributed by atoms with Crippen LogP contribution in [0.15, 0.2) is 24.3 Å². The molecule has 3 heteroatoms. The number of hydrogen-bond donors (Lipinski definition) is 1. The molecule has 102 valence electrons. The van der Waals surface area contributed by atoms with Gasteiger partial charge < -0.3 is 5.11 Å². The first-order chi connectivity index (χ1) is 9.11. The maximum atomic E-state index is 11.6. The number of likely N-dealkylation sites (tertiary alicyclic amines) is 1. The van der Waals surface area contributed by atoms with Crippen molar-refractivity contribution in [3.63, 3.8) is 0 Å². The quantitative estimate of drug-likeness (QED) is 0.887. The van der Waals surface area contributed by atoms with Crippen molar-refractivity contribution in [2.24, 2.45) is 0 Å². The zero-order valence-corrected chi connectivity index (χ0v) is 11.4. The van der Waals surface area contributed by atoms with E-state index in [-0.39, 0.29) is 0 Å². The van der Waals surface area contributed by atoms with Crippen molar-refractivity contribution in [3.05, 3.63) is 35.4 Å². The van der Waals surface area contributed by atoms with Gasteiger partial charge in [0.05, 0.1) is 0 Å². The molecule has 1 fully saturated rings. The van der Waals surface area contributed by atoms with Crippen LogP contribution < -0.4 is 0 Å². The van der Waals surface area contributed by atoms with Crippen molar-refractivity contribution in [1.82, 2.24) is 4.90 Å². The van der Waals surface area contributed by atoms with Crippen molar-refractivity contribution in [3.8, 4) is 0 Å². The Hall–Kier alpha value is -1.35. The zero-order valence-electron chi connectivity index (χ0n) is 11.4. The summed E-state index contributed by atoms with van der Waals surface area (Å²) in [6, 6.07) is 8.96. The van der Waals surface area contributed by atoms with E-state index in [0.717, 1.165) is 38.6 Å². The number of aliphatic carboxylic acids is 1. The van der Waals surface area contributed by atoms with E-state index in [1.54, 1.807) is 0 Å². The standard InChI is InChI=1S/C16H21NO2/c1-16(15(18)19)9-4-10-17(16)14-8-7-12-5-2-3-6-13(12)11-14/h2-3,5-6,14H,4,7-11H2,1H3,(H,18,19). The van der Waals surface area contributed by atoms with Crippen molar-refractivity contribution in [2.45, 2.75) is 50.6 Å². The Morgan fingerprint density at radius 2 is 2.11 bits per heavy atom. The highest BCUT2D eigenvalue weighted by atomic mass is 16.4. The third-order valence-corrected chi connectivity index (χ3v) is 4.92. The van der Waals surface area contributed by atoms with Crippen molar-refractivity contribution in [2.75, 3.05) is 6.54 Å². The number of carbonyl (C=O) groups is 1. The number of nitrogens with zero attached hydrogens (tertiary/aromatic N) is 1. The second-order valence-electron chi connectivity index (χ2n) is 6.04. The summed E-state index contributed by atoms with van der Waals surface area (Å²) in [6.45, 7) is 2.82. The Bertz CT molecular complexity index is 499. The molecular formula is C16H21NO2. The predicted octanol–water partition coefficient (Wildman–Crippen LogP) is 2.48. The molecule has 1 saturated heterocycles. The summed E-state index contributed by atoms with van der Waals surface area (Å²) in [5.74, 6) is -0.663. The Morgan fingerprint density at radius 1 is 1.37 bits per heavy atom. The molecule has 0 saturated carbocycles. The summed E-state index contributed by atoms with van der Waals surface area (Å²) in [6.07, 6.45) is 4.94. The molecule has 0 aromatic heterocycles. The summed E-state index contributed by atoms with van der Waals surface area (Å²) < 4.78 is 0. The van der Waals surface area contributed by atoms with Gasteiger partial charge in [-0.3, -0.25) is 9.69 Å². The first kappa shape index (κ1) is 12.7. The Morgan fingerprint density at radius 3 is 2.84 bits per heavy atom. The number of fused-ring (bicyclic) bond motifs is 1. The summed E-state index contributed by atoms with van der Waals surface area (Å²) in [5, 5.41) is 9.53. The molecule has 1 aromatic rings. The van der Waals surface area contributed by atoms with Gasteiger partial charge in [-0.25, -0.2) is 0 Å². The molecular weight excluding hydrogens is 238 g/mol. The minimum Gasteiger partial charge on any atom is -0.480 e. The van der Waals surface area contributed by atoms with Crippen LogP contribution in [-0.4, -0.2) is 34.1 Å². The molecule has 3 nitrogen and oxygen atoms in total. The number of hydrogen-bond acceptors (Lipinski definition) is 2. The number of rotatable bonds is 2. The number of carboxylic acid groups (broad SMARTS) is 1. The average molecular weight is 259 g/mol. The van der Waals surface area contributed by atoms with Crippen molar-refractivity contribution >= 4 is 5.97 Å². The highest BCUT2D eigenvalue weighted by Crippen LogP contribution is 2.35. The van der Waals surface area contributed by atoms with E-state index >= 15 is 0 Å². The van der Waals surface area contributed by atoms with Crippen LogP contribution in [0.4, 0.5) is 0 Å².